The van der Waals surface area contributed by atoms with Gasteiger partial charge in [0, 0.05) is 0 Å². The van der Waals surface area contributed by atoms with Crippen molar-refractivity contribution in [2.45, 2.75) is 0 Å². The van der Waals surface area contributed by atoms with Crippen LogP contribution in [0.5, 0.6) is 0 Å². The summed E-state index contributed by atoms with van der Waals surface area (Å²) in [6.45, 7) is -0.572. The van der Waals surface area contributed by atoms with Gasteiger partial charge in [-0.2, -0.15) is 10.1 Å². The molecular formula is C24H14F2N4O3S. The Morgan fingerprint density at radius 1 is 0.971 bits per heavy atom. The lowest BCUT2D eigenvalue weighted by molar-refractivity contribution is -0.118. The van der Waals surface area contributed by atoms with Crippen molar-refractivity contribution >= 4 is 50.6 Å². The Labute approximate surface area is 195 Å². The number of fused-ring (bicyclic) bond motifs is 2. The summed E-state index contributed by atoms with van der Waals surface area (Å²) in [5, 5.41) is 5.27. The van der Waals surface area contributed by atoms with Crippen molar-refractivity contribution in [3.05, 3.63) is 95.1 Å². The SMILES string of the molecule is O=C1c2ccccc2C(=O)N1CC(=O)N(/N=C/c1ccc(F)cc1)c1nc2ccc(F)cc2s1. The Bertz CT molecular complexity index is 1450. The lowest BCUT2D eigenvalue weighted by atomic mass is 10.1. The number of hydrogen-bond acceptors (Lipinski definition) is 6. The summed E-state index contributed by atoms with van der Waals surface area (Å²) < 4.78 is 27.4. The number of imide groups is 1. The molecule has 34 heavy (non-hydrogen) atoms. The zero-order valence-corrected chi connectivity index (χ0v) is 18.1. The van der Waals surface area contributed by atoms with Gasteiger partial charge in [0.05, 0.1) is 27.6 Å². The molecule has 0 aliphatic carbocycles. The Balaban J connectivity index is 1.48. The summed E-state index contributed by atoms with van der Waals surface area (Å²) in [6, 6.07) is 15.7. The predicted octanol–water partition coefficient (Wildman–Crippen LogP) is 4.24. The summed E-state index contributed by atoms with van der Waals surface area (Å²) in [5.74, 6) is -2.75. The number of thiazole rings is 1. The highest BCUT2D eigenvalue weighted by Gasteiger charge is 2.37. The summed E-state index contributed by atoms with van der Waals surface area (Å²) in [4.78, 5) is 43.8. The maximum absolute atomic E-state index is 13.7. The normalized spacial score (nSPS) is 13.2. The summed E-state index contributed by atoms with van der Waals surface area (Å²) in [7, 11) is 0. The van der Waals surface area contributed by atoms with Gasteiger partial charge in [-0.3, -0.25) is 19.3 Å². The first-order valence-corrected chi connectivity index (χ1v) is 10.9. The molecular weight excluding hydrogens is 462 g/mol. The molecule has 7 nitrogen and oxygen atoms in total. The summed E-state index contributed by atoms with van der Waals surface area (Å²) in [5.41, 5.74) is 1.40. The first-order chi connectivity index (χ1) is 16.4. The maximum atomic E-state index is 13.7. The van der Waals surface area contributed by atoms with Crippen molar-refractivity contribution in [2.75, 3.05) is 11.6 Å². The first kappa shape index (κ1) is 21.5. The van der Waals surface area contributed by atoms with Crippen LogP contribution in [0, 0.1) is 11.6 Å². The van der Waals surface area contributed by atoms with Gasteiger partial charge in [0.1, 0.15) is 18.2 Å². The second kappa shape index (κ2) is 8.56. The van der Waals surface area contributed by atoms with Gasteiger partial charge < -0.3 is 0 Å². The predicted molar refractivity (Wildman–Crippen MR) is 123 cm³/mol. The van der Waals surface area contributed by atoms with E-state index in [4.69, 9.17) is 0 Å². The van der Waals surface area contributed by atoms with Crippen molar-refractivity contribution in [1.82, 2.24) is 9.88 Å². The van der Waals surface area contributed by atoms with Crippen molar-refractivity contribution in [1.29, 1.82) is 0 Å². The van der Waals surface area contributed by atoms with Crippen molar-refractivity contribution in [3.63, 3.8) is 0 Å². The van der Waals surface area contributed by atoms with Crippen LogP contribution in [0.15, 0.2) is 71.8 Å². The summed E-state index contributed by atoms with van der Waals surface area (Å²) >= 11 is 1.02. The quantitative estimate of drug-likeness (QED) is 0.245. The molecule has 1 aliphatic rings. The minimum atomic E-state index is -0.701. The lowest BCUT2D eigenvalue weighted by Crippen LogP contribution is -2.41. The molecule has 0 unspecified atom stereocenters. The third-order valence-electron chi connectivity index (χ3n) is 5.12. The molecule has 10 heteroatoms. The van der Waals surface area contributed by atoms with E-state index in [0.717, 1.165) is 21.2 Å². The van der Waals surface area contributed by atoms with Crippen LogP contribution in [0.2, 0.25) is 0 Å². The number of carbonyl (C=O) groups is 3. The number of hydrogen-bond donors (Lipinski definition) is 0. The largest absolute Gasteiger partial charge is 0.270 e. The Hall–Kier alpha value is -4.31. The van der Waals surface area contributed by atoms with Gasteiger partial charge in [0.2, 0.25) is 5.13 Å². The molecule has 3 aromatic carbocycles. The van der Waals surface area contributed by atoms with Crippen molar-refractivity contribution in [3.8, 4) is 0 Å². The molecule has 0 saturated carbocycles. The van der Waals surface area contributed by atoms with E-state index < -0.39 is 35.9 Å². The van der Waals surface area contributed by atoms with Crippen molar-refractivity contribution in [2.24, 2.45) is 5.10 Å². The lowest BCUT2D eigenvalue weighted by Gasteiger charge is -2.18. The third-order valence-corrected chi connectivity index (χ3v) is 6.11. The fraction of sp³-hybridized carbons (Fsp3) is 0.0417. The topological polar surface area (TPSA) is 82.9 Å². The number of anilines is 1. The van der Waals surface area contributed by atoms with Gasteiger partial charge in [-0.25, -0.2) is 13.8 Å². The van der Waals surface area contributed by atoms with E-state index in [0.29, 0.717) is 15.8 Å². The number of rotatable bonds is 5. The molecule has 2 heterocycles. The van der Waals surface area contributed by atoms with Crippen LogP contribution in [0.25, 0.3) is 10.2 Å². The maximum Gasteiger partial charge on any atom is 0.269 e. The van der Waals surface area contributed by atoms with Crippen LogP contribution in [-0.2, 0) is 4.79 Å². The Morgan fingerprint density at radius 2 is 1.62 bits per heavy atom. The smallest absolute Gasteiger partial charge is 0.269 e. The molecule has 1 aromatic heterocycles. The third kappa shape index (κ3) is 3.95. The molecule has 1 aliphatic heterocycles. The van der Waals surface area contributed by atoms with E-state index in [-0.39, 0.29) is 16.3 Å². The molecule has 0 fully saturated rings. The molecule has 4 aromatic rings. The van der Waals surface area contributed by atoms with Crippen LogP contribution in [0.3, 0.4) is 0 Å². The molecule has 0 saturated heterocycles. The number of aromatic nitrogens is 1. The van der Waals surface area contributed by atoms with Crippen LogP contribution < -0.4 is 5.01 Å². The molecule has 0 N–H and O–H groups in total. The standard InChI is InChI=1S/C24H14F2N4O3S/c25-15-7-5-14(6-8-15)12-27-30(24-28-19-10-9-16(26)11-20(19)34-24)21(31)13-29-22(32)17-3-1-2-4-18(17)23(29)33/h1-12H,13H2/b27-12+. The molecule has 0 bridgehead atoms. The van der Waals surface area contributed by atoms with Crippen LogP contribution in [0.4, 0.5) is 13.9 Å². The number of amides is 3. The molecule has 168 valence electrons. The number of halogens is 2. The zero-order chi connectivity index (χ0) is 23.8. The van der Waals surface area contributed by atoms with Crippen LogP contribution in [0.1, 0.15) is 26.3 Å². The molecule has 0 radical (unpaired) electrons. The van der Waals surface area contributed by atoms with Gasteiger partial charge in [-0.15, -0.1) is 0 Å². The van der Waals surface area contributed by atoms with Crippen LogP contribution in [-0.4, -0.2) is 40.4 Å². The van der Waals surface area contributed by atoms with Gasteiger partial charge >= 0.3 is 0 Å². The first-order valence-electron chi connectivity index (χ1n) is 10.0. The highest BCUT2D eigenvalue weighted by molar-refractivity contribution is 7.22. The second-order valence-corrected chi connectivity index (χ2v) is 8.36. The Morgan fingerprint density at radius 3 is 2.29 bits per heavy atom. The van der Waals surface area contributed by atoms with E-state index in [2.05, 4.69) is 10.1 Å². The number of nitrogens with zero attached hydrogens (tertiary/aromatic N) is 4. The molecule has 3 amide bonds. The molecule has 0 spiro atoms. The Kier molecular flexibility index (Phi) is 5.42. The van der Waals surface area contributed by atoms with Gasteiger partial charge in [0.25, 0.3) is 17.7 Å². The summed E-state index contributed by atoms with van der Waals surface area (Å²) in [6.07, 6.45) is 1.33. The number of hydrazone groups is 1. The molecule has 0 atom stereocenters. The van der Waals surface area contributed by atoms with Gasteiger partial charge in [0.15, 0.2) is 0 Å². The highest BCUT2D eigenvalue weighted by atomic mass is 32.1. The fourth-order valence-corrected chi connectivity index (χ4v) is 4.42. The molecule has 5 rings (SSSR count). The van der Waals surface area contributed by atoms with Crippen molar-refractivity contribution < 1.29 is 23.2 Å². The number of carbonyl (C=O) groups excluding carboxylic acids is 3. The van der Waals surface area contributed by atoms with E-state index in [1.807, 2.05) is 0 Å². The van der Waals surface area contributed by atoms with E-state index in [9.17, 15) is 23.2 Å². The second-order valence-electron chi connectivity index (χ2n) is 7.35. The monoisotopic (exact) mass is 476 g/mol. The van der Waals surface area contributed by atoms with Crippen LogP contribution >= 0.6 is 11.3 Å². The minimum Gasteiger partial charge on any atom is -0.270 e. The highest BCUT2D eigenvalue weighted by Crippen LogP contribution is 2.30. The van der Waals surface area contributed by atoms with E-state index >= 15 is 0 Å². The zero-order valence-electron chi connectivity index (χ0n) is 17.3. The van der Waals surface area contributed by atoms with Gasteiger partial charge in [-0.05, 0) is 48.0 Å². The minimum absolute atomic E-state index is 0.126. The number of benzene rings is 3. The van der Waals surface area contributed by atoms with E-state index in [1.54, 1.807) is 12.1 Å². The van der Waals surface area contributed by atoms with E-state index in [1.165, 1.54) is 60.8 Å². The average molecular weight is 476 g/mol. The fourth-order valence-electron chi connectivity index (χ4n) is 3.46. The average Bonchev–Trinajstić information content (AvgIpc) is 3.35. The van der Waals surface area contributed by atoms with Gasteiger partial charge in [-0.1, -0.05) is 35.6 Å².